The van der Waals surface area contributed by atoms with Gasteiger partial charge in [-0.1, -0.05) is 13.8 Å². The van der Waals surface area contributed by atoms with Crippen LogP contribution in [0.15, 0.2) is 0 Å². The van der Waals surface area contributed by atoms with Crippen molar-refractivity contribution in [2.45, 2.75) is 38.4 Å². The van der Waals surface area contributed by atoms with Crippen molar-refractivity contribution in [3.05, 3.63) is 0 Å². The molecule has 1 fully saturated rings. The topological polar surface area (TPSA) is 40.9 Å². The Balaban J connectivity index is 2.35. The molecule has 0 bridgehead atoms. The zero-order valence-electron chi connectivity index (χ0n) is 7.30. The first kappa shape index (κ1) is 9.04. The van der Waals surface area contributed by atoms with E-state index < -0.39 is 9.73 Å². The van der Waals surface area contributed by atoms with Gasteiger partial charge in [0, 0.05) is 20.7 Å². The highest BCUT2D eigenvalue weighted by Crippen LogP contribution is 2.30. The van der Waals surface area contributed by atoms with Crippen LogP contribution in [0, 0.1) is 10.7 Å². The Labute approximate surface area is 69.4 Å². The average molecular weight is 175 g/mol. The van der Waals surface area contributed by atoms with Gasteiger partial charge in [-0.25, -0.2) is 4.21 Å². The maximum Gasteiger partial charge on any atom is 0.0470 e. The van der Waals surface area contributed by atoms with E-state index in [1.54, 1.807) is 0 Å². The molecule has 1 aliphatic rings. The van der Waals surface area contributed by atoms with Crippen LogP contribution in [-0.4, -0.2) is 15.2 Å². The van der Waals surface area contributed by atoms with Gasteiger partial charge < -0.3 is 0 Å². The maximum atomic E-state index is 11.5. The van der Waals surface area contributed by atoms with Crippen LogP contribution in [-0.2, 0) is 9.73 Å². The summed E-state index contributed by atoms with van der Waals surface area (Å²) in [6.45, 7) is 4.23. The maximum absolute atomic E-state index is 11.5. The van der Waals surface area contributed by atoms with Gasteiger partial charge in [-0.15, -0.1) is 0 Å². The molecular formula is C8H17NOS. The Morgan fingerprint density at radius 2 is 2.09 bits per heavy atom. The lowest BCUT2D eigenvalue weighted by Crippen LogP contribution is -2.11. The minimum atomic E-state index is -2.18. The fourth-order valence-electron chi connectivity index (χ4n) is 1.03. The third kappa shape index (κ3) is 2.81. The van der Waals surface area contributed by atoms with Crippen molar-refractivity contribution in [2.75, 3.05) is 5.75 Å². The fourth-order valence-corrected chi connectivity index (χ4v) is 3.08. The van der Waals surface area contributed by atoms with Gasteiger partial charge in [0.25, 0.3) is 0 Å². The lowest BCUT2D eigenvalue weighted by atomic mass is 10.2. The highest BCUT2D eigenvalue weighted by Gasteiger charge is 2.31. The van der Waals surface area contributed by atoms with Crippen molar-refractivity contribution in [1.29, 1.82) is 4.78 Å². The SMILES string of the molecule is CC(C)CCS(=N)(=O)C1CC1. The summed E-state index contributed by atoms with van der Waals surface area (Å²) in [6, 6.07) is 0. The summed E-state index contributed by atoms with van der Waals surface area (Å²) in [5.41, 5.74) is 0. The van der Waals surface area contributed by atoms with Crippen molar-refractivity contribution in [2.24, 2.45) is 5.92 Å². The van der Waals surface area contributed by atoms with Gasteiger partial charge in [-0.05, 0) is 25.2 Å². The molecule has 11 heavy (non-hydrogen) atoms. The summed E-state index contributed by atoms with van der Waals surface area (Å²) < 4.78 is 19.1. The van der Waals surface area contributed by atoms with Crippen molar-refractivity contribution in [3.8, 4) is 0 Å². The summed E-state index contributed by atoms with van der Waals surface area (Å²) in [6.07, 6.45) is 3.00. The number of hydrogen-bond donors (Lipinski definition) is 1. The van der Waals surface area contributed by atoms with Crippen LogP contribution in [0.2, 0.25) is 0 Å². The lowest BCUT2D eigenvalue weighted by molar-refractivity contribution is 0.615. The average Bonchev–Trinajstić information content (AvgIpc) is 2.64. The van der Waals surface area contributed by atoms with Crippen molar-refractivity contribution < 1.29 is 4.21 Å². The first-order valence-electron chi connectivity index (χ1n) is 4.27. The van der Waals surface area contributed by atoms with Crippen LogP contribution in [0.25, 0.3) is 0 Å². The summed E-state index contributed by atoms with van der Waals surface area (Å²) in [4.78, 5) is 0. The number of hydrogen-bond acceptors (Lipinski definition) is 2. The smallest absolute Gasteiger partial charge is 0.0470 e. The molecule has 1 aliphatic carbocycles. The van der Waals surface area contributed by atoms with E-state index in [0.29, 0.717) is 11.7 Å². The zero-order valence-corrected chi connectivity index (χ0v) is 8.12. The molecule has 66 valence electrons. The van der Waals surface area contributed by atoms with Gasteiger partial charge in [0.05, 0.1) is 0 Å². The standard InChI is InChI=1S/C8H17NOS/c1-7(2)5-6-11(9,10)8-3-4-8/h7-9H,3-6H2,1-2H3. The van der Waals surface area contributed by atoms with E-state index in [1.165, 1.54) is 0 Å². The third-order valence-electron chi connectivity index (χ3n) is 2.06. The Bertz CT molecular complexity index is 214. The van der Waals surface area contributed by atoms with Crippen LogP contribution < -0.4 is 0 Å². The van der Waals surface area contributed by atoms with Gasteiger partial charge in [-0.2, -0.15) is 0 Å². The highest BCUT2D eigenvalue weighted by molar-refractivity contribution is 7.93. The molecule has 0 aromatic heterocycles. The molecule has 0 aliphatic heterocycles. The molecule has 0 radical (unpaired) electrons. The van der Waals surface area contributed by atoms with E-state index >= 15 is 0 Å². The minimum Gasteiger partial charge on any atom is -0.253 e. The summed E-state index contributed by atoms with van der Waals surface area (Å²) in [5, 5.41) is 0.251. The first-order valence-corrected chi connectivity index (χ1v) is 6.06. The van der Waals surface area contributed by atoms with E-state index in [0.717, 1.165) is 19.3 Å². The molecule has 1 saturated carbocycles. The molecule has 0 aromatic carbocycles. The molecule has 0 aromatic rings. The molecule has 1 unspecified atom stereocenters. The van der Waals surface area contributed by atoms with Gasteiger partial charge >= 0.3 is 0 Å². The predicted molar refractivity (Wildman–Crippen MR) is 48.2 cm³/mol. The van der Waals surface area contributed by atoms with Crippen molar-refractivity contribution >= 4 is 9.73 Å². The third-order valence-corrected chi connectivity index (χ3v) is 4.45. The highest BCUT2D eigenvalue weighted by atomic mass is 32.2. The zero-order chi connectivity index (χ0) is 8.48. The fraction of sp³-hybridized carbons (Fsp3) is 1.00. The second-order valence-corrected chi connectivity index (χ2v) is 6.34. The molecule has 0 spiro atoms. The normalized spacial score (nSPS) is 23.5. The van der Waals surface area contributed by atoms with Gasteiger partial charge in [0.2, 0.25) is 0 Å². The van der Waals surface area contributed by atoms with Crippen LogP contribution in [0.4, 0.5) is 0 Å². The Morgan fingerprint density at radius 3 is 2.45 bits per heavy atom. The Hall–Kier alpha value is -0.0500. The summed E-state index contributed by atoms with van der Waals surface area (Å²) in [7, 11) is -2.18. The second kappa shape index (κ2) is 3.13. The predicted octanol–water partition coefficient (Wildman–Crippen LogP) is 2.24. The van der Waals surface area contributed by atoms with Crippen molar-refractivity contribution in [3.63, 3.8) is 0 Å². The Morgan fingerprint density at radius 1 is 1.55 bits per heavy atom. The molecule has 0 saturated heterocycles. The molecule has 1 rings (SSSR count). The van der Waals surface area contributed by atoms with Gasteiger partial charge in [0.15, 0.2) is 0 Å². The monoisotopic (exact) mass is 175 g/mol. The van der Waals surface area contributed by atoms with E-state index in [4.69, 9.17) is 4.78 Å². The summed E-state index contributed by atoms with van der Waals surface area (Å²) >= 11 is 0. The molecule has 3 heteroatoms. The molecule has 0 amide bonds. The van der Waals surface area contributed by atoms with E-state index in [1.807, 2.05) is 0 Å². The van der Waals surface area contributed by atoms with Crippen LogP contribution in [0.1, 0.15) is 33.1 Å². The van der Waals surface area contributed by atoms with Crippen LogP contribution >= 0.6 is 0 Å². The van der Waals surface area contributed by atoms with E-state index in [-0.39, 0.29) is 5.25 Å². The molecule has 0 heterocycles. The quantitative estimate of drug-likeness (QED) is 0.699. The number of nitrogens with one attached hydrogen (secondary N) is 1. The minimum absolute atomic E-state index is 0.251. The Kier molecular flexibility index (Phi) is 2.58. The second-order valence-electron chi connectivity index (χ2n) is 3.81. The molecule has 2 nitrogen and oxygen atoms in total. The van der Waals surface area contributed by atoms with E-state index in [2.05, 4.69) is 13.8 Å². The van der Waals surface area contributed by atoms with E-state index in [9.17, 15) is 4.21 Å². The van der Waals surface area contributed by atoms with Crippen LogP contribution in [0.3, 0.4) is 0 Å². The molecular weight excluding hydrogens is 158 g/mol. The molecule has 1 N–H and O–H groups in total. The number of rotatable bonds is 4. The van der Waals surface area contributed by atoms with Crippen LogP contribution in [0.5, 0.6) is 0 Å². The van der Waals surface area contributed by atoms with Crippen molar-refractivity contribution in [1.82, 2.24) is 0 Å². The van der Waals surface area contributed by atoms with Gasteiger partial charge in [-0.3, -0.25) is 4.78 Å². The molecule has 1 atom stereocenters. The summed E-state index contributed by atoms with van der Waals surface area (Å²) in [5.74, 6) is 1.20. The first-order chi connectivity index (χ1) is 5.02. The van der Waals surface area contributed by atoms with Gasteiger partial charge in [0.1, 0.15) is 0 Å². The lowest BCUT2D eigenvalue weighted by Gasteiger charge is -2.07. The largest absolute Gasteiger partial charge is 0.253 e.